The summed E-state index contributed by atoms with van der Waals surface area (Å²) in [6, 6.07) is 6.02. The van der Waals surface area contributed by atoms with Crippen molar-refractivity contribution < 1.29 is 13.3 Å². The number of hydrogen-bond donors (Lipinski definition) is 1. The predicted molar refractivity (Wildman–Crippen MR) is 86.4 cm³/mol. The Morgan fingerprint density at radius 1 is 1.33 bits per heavy atom. The summed E-state index contributed by atoms with van der Waals surface area (Å²) in [5, 5.41) is 14.5. The van der Waals surface area contributed by atoms with Crippen LogP contribution in [-0.4, -0.2) is 29.7 Å². The van der Waals surface area contributed by atoms with Crippen molar-refractivity contribution in [2.45, 2.75) is 17.9 Å². The van der Waals surface area contributed by atoms with E-state index >= 15 is 0 Å². The second-order valence-corrected chi connectivity index (χ2v) is 6.85. The van der Waals surface area contributed by atoms with Gasteiger partial charge in [-0.15, -0.1) is 0 Å². The van der Waals surface area contributed by atoms with E-state index in [2.05, 4.69) is 9.82 Å². The van der Waals surface area contributed by atoms with Gasteiger partial charge in [0.25, 0.3) is 11.2 Å². The van der Waals surface area contributed by atoms with E-state index < -0.39 is 14.9 Å². The zero-order valence-corrected chi connectivity index (χ0v) is 13.8. The quantitative estimate of drug-likeness (QED) is 0.442. The molecule has 1 aromatic heterocycles. The number of nitrogens with one attached hydrogen (secondary N) is 1. The van der Waals surface area contributed by atoms with Crippen molar-refractivity contribution in [2.75, 3.05) is 6.54 Å². The number of nitro benzene ring substituents is 1. The van der Waals surface area contributed by atoms with E-state index in [1.54, 1.807) is 0 Å². The lowest BCUT2D eigenvalue weighted by molar-refractivity contribution is -0.385. The molecule has 1 N–H and O–H groups in total. The van der Waals surface area contributed by atoms with Crippen LogP contribution in [0.5, 0.6) is 0 Å². The second-order valence-electron chi connectivity index (χ2n) is 4.71. The maximum absolute atomic E-state index is 12.2. The number of benzene rings is 1. The van der Waals surface area contributed by atoms with Crippen molar-refractivity contribution in [1.82, 2.24) is 14.5 Å². The van der Waals surface area contributed by atoms with Gasteiger partial charge < -0.3 is 0 Å². The van der Waals surface area contributed by atoms with Crippen LogP contribution in [0.1, 0.15) is 6.42 Å². The van der Waals surface area contributed by atoms with Crippen LogP contribution < -0.4 is 10.3 Å². The molecule has 0 atom stereocenters. The zero-order valence-electron chi connectivity index (χ0n) is 12.3. The van der Waals surface area contributed by atoms with Gasteiger partial charge >= 0.3 is 0 Å². The third kappa shape index (κ3) is 4.37. The van der Waals surface area contributed by atoms with E-state index in [9.17, 15) is 23.3 Å². The van der Waals surface area contributed by atoms with Gasteiger partial charge in [0.05, 0.1) is 9.95 Å². The Morgan fingerprint density at radius 2 is 2.08 bits per heavy atom. The van der Waals surface area contributed by atoms with E-state index in [0.717, 1.165) is 18.2 Å². The van der Waals surface area contributed by atoms with Crippen LogP contribution in [-0.2, 0) is 16.6 Å². The lowest BCUT2D eigenvalue weighted by atomic mass is 10.3. The first-order valence-corrected chi connectivity index (χ1v) is 8.63. The monoisotopic (exact) mass is 372 g/mol. The molecule has 128 valence electrons. The molecule has 2 aromatic rings. The average molecular weight is 373 g/mol. The third-order valence-corrected chi connectivity index (χ3v) is 4.98. The summed E-state index contributed by atoms with van der Waals surface area (Å²) in [5.41, 5.74) is -0.665. The lowest BCUT2D eigenvalue weighted by Crippen LogP contribution is -2.28. The fourth-order valence-electron chi connectivity index (χ4n) is 1.88. The number of nitro groups is 1. The van der Waals surface area contributed by atoms with E-state index in [4.69, 9.17) is 11.6 Å². The predicted octanol–water partition coefficient (Wildman–Crippen LogP) is 1.17. The fraction of sp³-hybridized carbons (Fsp3) is 0.231. The Hall–Kier alpha value is -2.30. The highest BCUT2D eigenvalue weighted by Gasteiger charge is 2.21. The molecule has 0 radical (unpaired) electrons. The topological polar surface area (TPSA) is 124 Å². The van der Waals surface area contributed by atoms with E-state index in [1.165, 1.54) is 23.0 Å². The Bertz CT molecular complexity index is 913. The number of non-ortho nitro benzene ring substituents is 1. The highest BCUT2D eigenvalue weighted by atomic mass is 35.5. The molecular formula is C13H13ClN4O5S. The van der Waals surface area contributed by atoms with Crippen molar-refractivity contribution in [2.24, 2.45) is 0 Å². The van der Waals surface area contributed by atoms with Gasteiger partial charge in [-0.2, -0.15) is 5.10 Å². The number of rotatable bonds is 7. The molecule has 0 spiro atoms. The number of nitrogens with zero attached hydrogens (tertiary/aromatic N) is 3. The van der Waals surface area contributed by atoms with Crippen LogP contribution in [0.15, 0.2) is 46.2 Å². The molecule has 0 aliphatic carbocycles. The first-order valence-electron chi connectivity index (χ1n) is 6.77. The standard InChI is InChI=1S/C13H13ClN4O5S/c14-11-5-4-10(18(20)21)9-12(11)24(22,23)16-7-2-8-17-13(19)3-1-6-15-17/h1,3-6,9,16H,2,7-8H2. The molecule has 0 saturated carbocycles. The number of aromatic nitrogens is 2. The molecule has 0 bridgehead atoms. The van der Waals surface area contributed by atoms with Crippen molar-refractivity contribution in [3.8, 4) is 0 Å². The summed E-state index contributed by atoms with van der Waals surface area (Å²) < 4.78 is 27.9. The molecule has 1 heterocycles. The maximum Gasteiger partial charge on any atom is 0.270 e. The molecule has 2 rings (SSSR count). The van der Waals surface area contributed by atoms with Gasteiger partial charge in [-0.05, 0) is 18.6 Å². The number of sulfonamides is 1. The molecule has 1 aromatic carbocycles. The molecule has 24 heavy (non-hydrogen) atoms. The highest BCUT2D eigenvalue weighted by Crippen LogP contribution is 2.25. The number of hydrogen-bond acceptors (Lipinski definition) is 6. The first kappa shape index (κ1) is 18.0. The normalized spacial score (nSPS) is 11.4. The van der Waals surface area contributed by atoms with Crippen molar-refractivity contribution in [3.63, 3.8) is 0 Å². The van der Waals surface area contributed by atoms with Crippen LogP contribution in [0.2, 0.25) is 5.02 Å². The maximum atomic E-state index is 12.2. The van der Waals surface area contributed by atoms with Crippen LogP contribution >= 0.6 is 11.6 Å². The van der Waals surface area contributed by atoms with Crippen molar-refractivity contribution in [1.29, 1.82) is 0 Å². The molecule has 0 aliphatic heterocycles. The molecule has 0 amide bonds. The smallest absolute Gasteiger partial charge is 0.268 e. The van der Waals surface area contributed by atoms with Gasteiger partial charge in [-0.25, -0.2) is 17.8 Å². The minimum absolute atomic E-state index is 0.0182. The summed E-state index contributed by atoms with van der Waals surface area (Å²) in [7, 11) is -4.01. The first-order chi connectivity index (χ1) is 11.3. The third-order valence-electron chi connectivity index (χ3n) is 3.04. The summed E-state index contributed by atoms with van der Waals surface area (Å²) in [5.74, 6) is 0. The summed E-state index contributed by atoms with van der Waals surface area (Å²) >= 11 is 5.82. The highest BCUT2D eigenvalue weighted by molar-refractivity contribution is 7.89. The Labute approximate surface area is 142 Å². The van der Waals surface area contributed by atoms with Gasteiger partial charge in [0, 0.05) is 37.5 Å². The second kappa shape index (κ2) is 7.51. The lowest BCUT2D eigenvalue weighted by Gasteiger charge is -2.08. The van der Waals surface area contributed by atoms with Gasteiger partial charge in [-0.3, -0.25) is 14.9 Å². The van der Waals surface area contributed by atoms with E-state index in [0.29, 0.717) is 6.42 Å². The zero-order chi connectivity index (χ0) is 17.7. The van der Waals surface area contributed by atoms with E-state index in [-0.39, 0.29) is 34.3 Å². The number of halogens is 1. The van der Waals surface area contributed by atoms with Crippen molar-refractivity contribution >= 4 is 27.3 Å². The molecule has 11 heteroatoms. The minimum Gasteiger partial charge on any atom is -0.268 e. The van der Waals surface area contributed by atoms with Gasteiger partial charge in [0.15, 0.2) is 0 Å². The Kier molecular flexibility index (Phi) is 5.65. The molecule has 0 saturated heterocycles. The minimum atomic E-state index is -4.01. The summed E-state index contributed by atoms with van der Waals surface area (Å²) in [4.78, 5) is 21.1. The average Bonchev–Trinajstić information content (AvgIpc) is 2.53. The van der Waals surface area contributed by atoms with E-state index in [1.807, 2.05) is 0 Å². The van der Waals surface area contributed by atoms with Crippen LogP contribution in [0.3, 0.4) is 0 Å². The fourth-order valence-corrected chi connectivity index (χ4v) is 3.47. The SMILES string of the molecule is O=c1cccnn1CCCNS(=O)(=O)c1cc([N+](=O)[O-])ccc1Cl. The Balaban J connectivity index is 2.04. The molecule has 0 aliphatic rings. The summed E-state index contributed by atoms with van der Waals surface area (Å²) in [6.45, 7) is 0.245. The van der Waals surface area contributed by atoms with Crippen LogP contribution in [0, 0.1) is 10.1 Å². The van der Waals surface area contributed by atoms with Crippen molar-refractivity contribution in [3.05, 3.63) is 62.0 Å². The molecule has 9 nitrogen and oxygen atoms in total. The molecular weight excluding hydrogens is 360 g/mol. The van der Waals surface area contributed by atoms with Gasteiger partial charge in [0.2, 0.25) is 10.0 Å². The van der Waals surface area contributed by atoms with Crippen LogP contribution in [0.25, 0.3) is 0 Å². The van der Waals surface area contributed by atoms with Gasteiger partial charge in [0.1, 0.15) is 4.90 Å². The summed E-state index contributed by atoms with van der Waals surface area (Å²) in [6.07, 6.45) is 1.76. The Morgan fingerprint density at radius 3 is 2.75 bits per heavy atom. The largest absolute Gasteiger partial charge is 0.270 e. The number of aryl methyl sites for hydroxylation is 1. The molecule has 0 fully saturated rings. The van der Waals surface area contributed by atoms with Crippen LogP contribution in [0.4, 0.5) is 5.69 Å². The molecule has 0 unspecified atom stereocenters. The van der Waals surface area contributed by atoms with Gasteiger partial charge in [-0.1, -0.05) is 11.6 Å².